The molecule has 3 atom stereocenters. The second-order valence-corrected chi connectivity index (χ2v) is 13.0. The van der Waals surface area contributed by atoms with Crippen molar-refractivity contribution in [1.29, 1.82) is 0 Å². The summed E-state index contributed by atoms with van der Waals surface area (Å²) >= 11 is 0. The number of hydrogen-bond acceptors (Lipinski definition) is 13. The van der Waals surface area contributed by atoms with Gasteiger partial charge in [-0.2, -0.15) is 4.90 Å². The third kappa shape index (κ3) is 13.7. The Morgan fingerprint density at radius 2 is 1.17 bits per heavy atom. The van der Waals surface area contributed by atoms with Crippen LogP contribution in [0, 0.1) is 10.1 Å². The van der Waals surface area contributed by atoms with Gasteiger partial charge in [0.25, 0.3) is 5.69 Å². The number of aromatic hydroxyl groups is 1. The molecule has 4 rings (SSSR count). The van der Waals surface area contributed by atoms with Crippen LogP contribution in [0.2, 0.25) is 0 Å². The fourth-order valence-corrected chi connectivity index (χ4v) is 5.53. The molecule has 0 unspecified atom stereocenters. The van der Waals surface area contributed by atoms with Crippen molar-refractivity contribution in [3.8, 4) is 5.75 Å². The maximum Gasteiger partial charge on any atom is 0.420 e. The predicted molar refractivity (Wildman–Crippen MR) is 207 cm³/mol. The fraction of sp³-hybridized carbons (Fsp3) is 0.293. The summed E-state index contributed by atoms with van der Waals surface area (Å²) in [5.74, 6) is -3.01. The number of esters is 1. The Balaban J connectivity index is 1.59. The maximum atomic E-state index is 14.3. The fourth-order valence-electron chi connectivity index (χ4n) is 5.53. The molecule has 4 aromatic carbocycles. The first-order valence-electron chi connectivity index (χ1n) is 18.3. The van der Waals surface area contributed by atoms with Crippen LogP contribution in [0.1, 0.15) is 41.5 Å². The molecule has 4 amide bonds. The van der Waals surface area contributed by atoms with E-state index >= 15 is 0 Å². The molecule has 17 heteroatoms. The summed E-state index contributed by atoms with van der Waals surface area (Å²) in [6, 6.07) is 23.5. The van der Waals surface area contributed by atoms with Crippen LogP contribution in [-0.4, -0.2) is 81.3 Å². The van der Waals surface area contributed by atoms with Crippen molar-refractivity contribution in [2.24, 2.45) is 5.73 Å². The highest BCUT2D eigenvalue weighted by Crippen LogP contribution is 2.18. The zero-order chi connectivity index (χ0) is 41.9. The molecule has 17 nitrogen and oxygen atoms in total. The standard InChI is InChI=1S/C41H45N5O12/c42-22-8-7-13-36(45(40(52)57-26-29-9-3-1-4-10-29)41(53)58-27-30-11-5-2-6-12-30)38(50)43-34(23-28-16-20-33(48)21-17-28)37(49)44-35(24-47)39(51)56-25-31-14-18-32(19-15-31)46(54)55/h1-6,9-12,14-21,34-36,47-48H,7-8,13,22-27,42H2,(H,43,50)(H,44,49)/t34-,35+,36-/m1/s1. The number of phenols is 1. The van der Waals surface area contributed by atoms with Crippen LogP contribution in [0.4, 0.5) is 15.3 Å². The molecule has 6 N–H and O–H groups in total. The van der Waals surface area contributed by atoms with E-state index in [4.69, 9.17) is 19.9 Å². The third-order valence-corrected chi connectivity index (χ3v) is 8.67. The molecule has 306 valence electrons. The number of non-ortho nitro benzene ring substituents is 1. The van der Waals surface area contributed by atoms with Crippen LogP contribution >= 0.6 is 0 Å². The van der Waals surface area contributed by atoms with Gasteiger partial charge in [-0.3, -0.25) is 19.7 Å². The minimum absolute atomic E-state index is 0.0662. The first kappa shape index (κ1) is 43.9. The molecule has 0 radical (unpaired) electrons. The minimum Gasteiger partial charge on any atom is -0.508 e. The largest absolute Gasteiger partial charge is 0.508 e. The zero-order valence-electron chi connectivity index (χ0n) is 31.4. The molecule has 0 fully saturated rings. The average Bonchev–Trinajstić information content (AvgIpc) is 3.24. The van der Waals surface area contributed by atoms with Crippen LogP contribution in [0.3, 0.4) is 0 Å². The van der Waals surface area contributed by atoms with Gasteiger partial charge in [0.15, 0.2) is 6.04 Å². The topological polar surface area (TPSA) is 250 Å². The number of amides is 4. The number of nitrogens with two attached hydrogens (primary N) is 1. The summed E-state index contributed by atoms with van der Waals surface area (Å²) in [6.07, 6.45) is -2.01. The van der Waals surface area contributed by atoms with E-state index in [1.165, 1.54) is 48.5 Å². The number of imide groups is 1. The molecule has 0 saturated carbocycles. The van der Waals surface area contributed by atoms with Gasteiger partial charge in [0.2, 0.25) is 11.8 Å². The van der Waals surface area contributed by atoms with E-state index in [9.17, 15) is 44.3 Å². The van der Waals surface area contributed by atoms with Crippen molar-refractivity contribution < 1.29 is 53.3 Å². The number of nitrogens with zero attached hydrogens (tertiary/aromatic N) is 2. The van der Waals surface area contributed by atoms with Crippen LogP contribution in [0.5, 0.6) is 5.75 Å². The number of benzene rings is 4. The van der Waals surface area contributed by atoms with Crippen molar-refractivity contribution in [2.45, 2.75) is 63.6 Å². The Kier molecular flexibility index (Phi) is 17.1. The average molecular weight is 800 g/mol. The maximum absolute atomic E-state index is 14.3. The van der Waals surface area contributed by atoms with Gasteiger partial charge in [0, 0.05) is 18.6 Å². The van der Waals surface area contributed by atoms with Gasteiger partial charge in [-0.25, -0.2) is 14.4 Å². The summed E-state index contributed by atoms with van der Waals surface area (Å²) in [7, 11) is 0. The molecule has 0 aliphatic carbocycles. The molecule has 0 bridgehead atoms. The smallest absolute Gasteiger partial charge is 0.420 e. The number of carbonyl (C=O) groups is 5. The van der Waals surface area contributed by atoms with E-state index in [1.807, 2.05) is 0 Å². The number of carbonyl (C=O) groups excluding carboxylic acids is 5. The second-order valence-electron chi connectivity index (χ2n) is 13.0. The minimum atomic E-state index is -1.61. The van der Waals surface area contributed by atoms with Gasteiger partial charge < -0.3 is 40.8 Å². The first-order chi connectivity index (χ1) is 28.0. The predicted octanol–water partition coefficient (Wildman–Crippen LogP) is 4.02. The summed E-state index contributed by atoms with van der Waals surface area (Å²) in [4.78, 5) is 79.6. The van der Waals surface area contributed by atoms with Crippen LogP contribution < -0.4 is 16.4 Å². The number of aliphatic hydroxyl groups excluding tert-OH is 1. The molecule has 0 aliphatic rings. The number of aliphatic hydroxyl groups is 1. The van der Waals surface area contributed by atoms with Gasteiger partial charge in [0.05, 0.1) is 11.5 Å². The molecule has 0 saturated heterocycles. The van der Waals surface area contributed by atoms with Gasteiger partial charge >= 0.3 is 18.2 Å². The molecular weight excluding hydrogens is 754 g/mol. The number of hydrogen-bond donors (Lipinski definition) is 5. The van der Waals surface area contributed by atoms with E-state index in [-0.39, 0.29) is 57.1 Å². The normalized spacial score (nSPS) is 12.2. The molecule has 4 aromatic rings. The lowest BCUT2D eigenvalue weighted by molar-refractivity contribution is -0.384. The third-order valence-electron chi connectivity index (χ3n) is 8.67. The summed E-state index contributed by atoms with van der Waals surface area (Å²) in [5, 5.41) is 35.8. The quantitative estimate of drug-likeness (QED) is 0.0279. The Hall–Kier alpha value is -6.85. The summed E-state index contributed by atoms with van der Waals surface area (Å²) in [5.41, 5.74) is 7.63. The van der Waals surface area contributed by atoms with Crippen molar-refractivity contribution in [1.82, 2.24) is 15.5 Å². The lowest BCUT2D eigenvalue weighted by atomic mass is 10.0. The number of nitro groups is 1. The van der Waals surface area contributed by atoms with Crippen LogP contribution in [0.25, 0.3) is 0 Å². The van der Waals surface area contributed by atoms with Crippen molar-refractivity contribution in [3.63, 3.8) is 0 Å². The number of phenolic OH excluding ortho intramolecular Hbond substituents is 1. The Morgan fingerprint density at radius 3 is 1.69 bits per heavy atom. The number of rotatable bonds is 20. The monoisotopic (exact) mass is 799 g/mol. The zero-order valence-corrected chi connectivity index (χ0v) is 31.4. The second kappa shape index (κ2) is 22.6. The van der Waals surface area contributed by atoms with E-state index in [0.29, 0.717) is 33.6 Å². The Morgan fingerprint density at radius 1 is 0.672 bits per heavy atom. The molecular formula is C41H45N5O12. The van der Waals surface area contributed by atoms with E-state index < -0.39 is 59.6 Å². The summed E-state index contributed by atoms with van der Waals surface area (Å²) < 4.78 is 16.2. The SMILES string of the molecule is NCCCC[C@H](C(=O)N[C@H](Cc1ccc(O)cc1)C(=O)N[C@@H](CO)C(=O)OCc1ccc([N+](=O)[O-])cc1)N(C(=O)OCc1ccccc1)C(=O)OCc1ccccc1. The molecule has 58 heavy (non-hydrogen) atoms. The van der Waals surface area contributed by atoms with Gasteiger partial charge in [-0.15, -0.1) is 0 Å². The molecule has 0 aliphatic heterocycles. The summed E-state index contributed by atoms with van der Waals surface area (Å²) in [6.45, 7) is -1.49. The molecule has 0 aromatic heterocycles. The number of unbranched alkanes of at least 4 members (excludes halogenated alkanes) is 1. The highest BCUT2D eigenvalue weighted by atomic mass is 16.6. The highest BCUT2D eigenvalue weighted by molar-refractivity contribution is 5.97. The lowest BCUT2D eigenvalue weighted by Crippen LogP contribution is -2.58. The lowest BCUT2D eigenvalue weighted by Gasteiger charge is -2.30. The van der Waals surface area contributed by atoms with E-state index in [2.05, 4.69) is 10.6 Å². The van der Waals surface area contributed by atoms with Crippen LogP contribution in [-0.2, 0) is 54.8 Å². The molecule has 0 heterocycles. The number of nitro benzene ring substituents is 1. The van der Waals surface area contributed by atoms with E-state index in [0.717, 1.165) is 0 Å². The number of ether oxygens (including phenoxy) is 3. The number of nitrogens with one attached hydrogen (secondary N) is 2. The van der Waals surface area contributed by atoms with Crippen molar-refractivity contribution >= 4 is 35.7 Å². The molecule has 0 spiro atoms. The Bertz CT molecular complexity index is 1910. The van der Waals surface area contributed by atoms with Crippen LogP contribution in [0.15, 0.2) is 109 Å². The Labute approximate surface area is 333 Å². The van der Waals surface area contributed by atoms with Gasteiger partial charge in [0.1, 0.15) is 37.7 Å². The van der Waals surface area contributed by atoms with E-state index in [1.54, 1.807) is 60.7 Å². The van der Waals surface area contributed by atoms with Crippen molar-refractivity contribution in [2.75, 3.05) is 13.2 Å². The van der Waals surface area contributed by atoms with Crippen molar-refractivity contribution in [3.05, 3.63) is 142 Å². The van der Waals surface area contributed by atoms with Gasteiger partial charge in [-0.05, 0) is 72.3 Å². The van der Waals surface area contributed by atoms with Gasteiger partial charge in [-0.1, -0.05) is 72.8 Å². The highest BCUT2D eigenvalue weighted by Gasteiger charge is 2.39. The first-order valence-corrected chi connectivity index (χ1v) is 18.3.